The maximum atomic E-state index is 11.1. The molecule has 0 saturated heterocycles. The Morgan fingerprint density at radius 2 is 2.22 bits per heavy atom. The fourth-order valence-electron chi connectivity index (χ4n) is 1.60. The molecule has 0 aliphatic heterocycles. The second kappa shape index (κ2) is 7.38. The van der Waals surface area contributed by atoms with Crippen LogP contribution in [0.3, 0.4) is 0 Å². The number of nitrogens with one attached hydrogen (secondary N) is 1. The summed E-state index contributed by atoms with van der Waals surface area (Å²) in [4.78, 5) is 11.1. The van der Waals surface area contributed by atoms with Crippen LogP contribution in [0.1, 0.15) is 25.5 Å². The molecule has 1 unspecified atom stereocenters. The molecular formula is C13H18BrNO3. The van der Waals surface area contributed by atoms with Crippen molar-refractivity contribution in [2.75, 3.05) is 20.3 Å². The standard InChI is InChI=1S/C13H18BrNO3/c1-4-15-9(2)11-7-10(14)5-6-12(11)18-8-13(16)17-3/h5-7,9,15H,4,8H2,1-3H3. The Hall–Kier alpha value is -1.07. The summed E-state index contributed by atoms with van der Waals surface area (Å²) >= 11 is 3.43. The molecule has 1 rings (SSSR count). The van der Waals surface area contributed by atoms with Gasteiger partial charge < -0.3 is 14.8 Å². The van der Waals surface area contributed by atoms with E-state index in [1.54, 1.807) is 0 Å². The van der Waals surface area contributed by atoms with Crippen molar-refractivity contribution >= 4 is 21.9 Å². The molecule has 0 heterocycles. The van der Waals surface area contributed by atoms with Crippen LogP contribution in [-0.2, 0) is 9.53 Å². The normalized spacial score (nSPS) is 12.0. The van der Waals surface area contributed by atoms with E-state index in [2.05, 4.69) is 32.9 Å². The lowest BCUT2D eigenvalue weighted by molar-refractivity contribution is -0.142. The van der Waals surface area contributed by atoms with Crippen molar-refractivity contribution in [3.8, 4) is 5.75 Å². The summed E-state index contributed by atoms with van der Waals surface area (Å²) in [5, 5.41) is 3.31. The average molecular weight is 316 g/mol. The predicted molar refractivity (Wildman–Crippen MR) is 73.7 cm³/mol. The first-order chi connectivity index (χ1) is 8.58. The van der Waals surface area contributed by atoms with Crippen LogP contribution >= 0.6 is 15.9 Å². The second-order valence-electron chi connectivity index (χ2n) is 3.83. The van der Waals surface area contributed by atoms with Crippen molar-refractivity contribution in [2.45, 2.75) is 19.9 Å². The van der Waals surface area contributed by atoms with E-state index in [0.717, 1.165) is 16.6 Å². The van der Waals surface area contributed by atoms with E-state index >= 15 is 0 Å². The molecule has 18 heavy (non-hydrogen) atoms. The maximum Gasteiger partial charge on any atom is 0.343 e. The number of carbonyl (C=O) groups is 1. The lowest BCUT2D eigenvalue weighted by Gasteiger charge is -2.17. The summed E-state index contributed by atoms with van der Waals surface area (Å²) in [6.07, 6.45) is 0. The average Bonchev–Trinajstić information content (AvgIpc) is 2.37. The second-order valence-corrected chi connectivity index (χ2v) is 4.74. The van der Waals surface area contributed by atoms with Crippen molar-refractivity contribution < 1.29 is 14.3 Å². The first kappa shape index (κ1) is 15.0. The highest BCUT2D eigenvalue weighted by atomic mass is 79.9. The number of methoxy groups -OCH3 is 1. The molecule has 0 saturated carbocycles. The molecule has 4 nitrogen and oxygen atoms in total. The van der Waals surface area contributed by atoms with Gasteiger partial charge in [-0.2, -0.15) is 0 Å². The Morgan fingerprint density at radius 1 is 1.50 bits per heavy atom. The third kappa shape index (κ3) is 4.31. The molecule has 1 atom stereocenters. The summed E-state index contributed by atoms with van der Waals surface area (Å²) in [5.74, 6) is 0.303. The summed E-state index contributed by atoms with van der Waals surface area (Å²) < 4.78 is 11.0. The third-order valence-corrected chi connectivity index (χ3v) is 3.02. The highest BCUT2D eigenvalue weighted by Gasteiger charge is 2.12. The molecule has 5 heteroatoms. The zero-order valence-corrected chi connectivity index (χ0v) is 12.4. The van der Waals surface area contributed by atoms with E-state index in [1.165, 1.54) is 7.11 Å². The van der Waals surface area contributed by atoms with Crippen LogP contribution in [0.15, 0.2) is 22.7 Å². The van der Waals surface area contributed by atoms with Gasteiger partial charge in [0.25, 0.3) is 0 Å². The SMILES string of the molecule is CCNC(C)c1cc(Br)ccc1OCC(=O)OC. The maximum absolute atomic E-state index is 11.1. The molecular weight excluding hydrogens is 298 g/mol. The highest BCUT2D eigenvalue weighted by Crippen LogP contribution is 2.28. The van der Waals surface area contributed by atoms with Gasteiger partial charge in [0.1, 0.15) is 5.75 Å². The zero-order chi connectivity index (χ0) is 13.5. The van der Waals surface area contributed by atoms with Gasteiger partial charge in [-0.1, -0.05) is 22.9 Å². The van der Waals surface area contributed by atoms with Gasteiger partial charge in [0.05, 0.1) is 7.11 Å². The summed E-state index contributed by atoms with van der Waals surface area (Å²) in [5.41, 5.74) is 1.01. The van der Waals surface area contributed by atoms with Crippen molar-refractivity contribution in [2.24, 2.45) is 0 Å². The molecule has 0 aliphatic carbocycles. The van der Waals surface area contributed by atoms with Crippen LogP contribution in [0.5, 0.6) is 5.75 Å². The van der Waals surface area contributed by atoms with Gasteiger partial charge in [-0.05, 0) is 31.7 Å². The fraction of sp³-hybridized carbons (Fsp3) is 0.462. The Kier molecular flexibility index (Phi) is 6.15. The Morgan fingerprint density at radius 3 is 2.83 bits per heavy atom. The molecule has 0 radical (unpaired) electrons. The molecule has 0 spiro atoms. The first-order valence-electron chi connectivity index (χ1n) is 5.81. The minimum absolute atomic E-state index is 0.0794. The van der Waals surface area contributed by atoms with Crippen molar-refractivity contribution in [3.63, 3.8) is 0 Å². The molecule has 100 valence electrons. The number of halogens is 1. The molecule has 0 aliphatic rings. The highest BCUT2D eigenvalue weighted by molar-refractivity contribution is 9.10. The van der Waals surface area contributed by atoms with Crippen LogP contribution in [-0.4, -0.2) is 26.2 Å². The molecule has 0 fully saturated rings. The number of ether oxygens (including phenoxy) is 2. The van der Waals surface area contributed by atoms with Crippen LogP contribution in [0.2, 0.25) is 0 Å². The van der Waals surface area contributed by atoms with E-state index in [-0.39, 0.29) is 18.6 Å². The largest absolute Gasteiger partial charge is 0.482 e. The van der Waals surface area contributed by atoms with Crippen molar-refractivity contribution in [1.82, 2.24) is 5.32 Å². The minimum Gasteiger partial charge on any atom is -0.482 e. The lowest BCUT2D eigenvalue weighted by atomic mass is 10.1. The number of hydrogen-bond donors (Lipinski definition) is 1. The van der Waals surface area contributed by atoms with Crippen LogP contribution < -0.4 is 10.1 Å². The van der Waals surface area contributed by atoms with Crippen LogP contribution in [0.25, 0.3) is 0 Å². The first-order valence-corrected chi connectivity index (χ1v) is 6.60. The number of rotatable bonds is 6. The topological polar surface area (TPSA) is 47.6 Å². The van der Waals surface area contributed by atoms with Gasteiger partial charge in [-0.15, -0.1) is 0 Å². The summed E-state index contributed by atoms with van der Waals surface area (Å²) in [6.45, 7) is 4.88. The van der Waals surface area contributed by atoms with Crippen molar-refractivity contribution in [1.29, 1.82) is 0 Å². The van der Waals surface area contributed by atoms with E-state index < -0.39 is 0 Å². The smallest absolute Gasteiger partial charge is 0.343 e. The van der Waals surface area contributed by atoms with Gasteiger partial charge in [0.2, 0.25) is 0 Å². The molecule has 1 N–H and O–H groups in total. The van der Waals surface area contributed by atoms with E-state index in [4.69, 9.17) is 4.74 Å². The van der Waals surface area contributed by atoms with Gasteiger partial charge >= 0.3 is 5.97 Å². The fourth-order valence-corrected chi connectivity index (χ4v) is 1.98. The minimum atomic E-state index is -0.389. The quantitative estimate of drug-likeness (QED) is 0.820. The summed E-state index contributed by atoms with van der Waals surface area (Å²) in [6, 6.07) is 5.87. The van der Waals surface area contributed by atoms with E-state index in [9.17, 15) is 4.79 Å². The number of hydrogen-bond acceptors (Lipinski definition) is 4. The van der Waals surface area contributed by atoms with Crippen LogP contribution in [0, 0.1) is 0 Å². The van der Waals surface area contributed by atoms with Crippen LogP contribution in [0.4, 0.5) is 0 Å². The lowest BCUT2D eigenvalue weighted by Crippen LogP contribution is -2.20. The molecule has 1 aromatic rings. The van der Waals surface area contributed by atoms with Gasteiger partial charge in [-0.25, -0.2) is 4.79 Å². The zero-order valence-electron chi connectivity index (χ0n) is 10.8. The van der Waals surface area contributed by atoms with E-state index in [1.807, 2.05) is 25.1 Å². The number of carbonyl (C=O) groups excluding carboxylic acids is 1. The Balaban J connectivity index is 2.85. The molecule has 0 bridgehead atoms. The monoisotopic (exact) mass is 315 g/mol. The number of esters is 1. The van der Waals surface area contributed by atoms with Gasteiger partial charge in [0, 0.05) is 16.1 Å². The third-order valence-electron chi connectivity index (χ3n) is 2.52. The number of benzene rings is 1. The van der Waals surface area contributed by atoms with Gasteiger partial charge in [-0.3, -0.25) is 0 Å². The molecule has 0 amide bonds. The van der Waals surface area contributed by atoms with Crippen molar-refractivity contribution in [3.05, 3.63) is 28.2 Å². The predicted octanol–water partition coefficient (Wildman–Crippen LogP) is 2.67. The van der Waals surface area contributed by atoms with Gasteiger partial charge in [0.15, 0.2) is 6.61 Å². The Labute approximate surface area is 116 Å². The molecule has 0 aromatic heterocycles. The molecule has 1 aromatic carbocycles. The Bertz CT molecular complexity index is 409. The van der Waals surface area contributed by atoms with E-state index in [0.29, 0.717) is 5.75 Å². The summed E-state index contributed by atoms with van der Waals surface area (Å²) in [7, 11) is 1.34.